The Morgan fingerprint density at radius 2 is 1.86 bits per heavy atom. The van der Waals surface area contributed by atoms with Crippen LogP contribution >= 0.6 is 23.2 Å². The van der Waals surface area contributed by atoms with Crippen LogP contribution in [0.5, 0.6) is 5.75 Å². The summed E-state index contributed by atoms with van der Waals surface area (Å²) < 4.78 is 44.2. The number of halogens is 5. The van der Waals surface area contributed by atoms with Crippen LogP contribution in [0.2, 0.25) is 10.0 Å². The molecule has 0 radical (unpaired) electrons. The fraction of sp³-hybridized carbons (Fsp3) is 0.304. The van der Waals surface area contributed by atoms with Gasteiger partial charge in [0.05, 0.1) is 27.5 Å². The SMILES string of the molecule is C[C@@H](Oc1ccc2[nH]nc(-c3ccc(N4CC(N)(CC(F)(F)F)C4)nn3)c2c1)c1c(Cl)cncc1Cl. The van der Waals surface area contributed by atoms with Gasteiger partial charge in [0.15, 0.2) is 5.82 Å². The number of rotatable bonds is 6. The number of nitrogens with zero attached hydrogens (tertiary/aromatic N) is 5. The first kappa shape index (κ1) is 24.5. The van der Waals surface area contributed by atoms with Crippen LogP contribution in [-0.4, -0.2) is 50.2 Å². The topological polar surface area (TPSA) is 106 Å². The van der Waals surface area contributed by atoms with Crippen molar-refractivity contribution < 1.29 is 17.9 Å². The summed E-state index contributed by atoms with van der Waals surface area (Å²) in [6.07, 6.45) is -2.78. The third-order valence-electron chi connectivity index (χ3n) is 5.93. The predicted molar refractivity (Wildman–Crippen MR) is 130 cm³/mol. The van der Waals surface area contributed by atoms with Crippen LogP contribution in [0.1, 0.15) is 25.0 Å². The highest BCUT2D eigenvalue weighted by molar-refractivity contribution is 6.35. The fourth-order valence-electron chi connectivity index (χ4n) is 4.34. The maximum atomic E-state index is 12.7. The Kier molecular flexibility index (Phi) is 6.17. The first-order valence-electron chi connectivity index (χ1n) is 10.9. The third-order valence-corrected chi connectivity index (χ3v) is 6.53. The van der Waals surface area contributed by atoms with Crippen LogP contribution in [0, 0.1) is 0 Å². The maximum absolute atomic E-state index is 12.7. The van der Waals surface area contributed by atoms with E-state index in [0.717, 1.165) is 10.9 Å². The molecular formula is C23H20Cl2F3N7O. The molecule has 8 nitrogen and oxygen atoms in total. The van der Waals surface area contributed by atoms with E-state index in [-0.39, 0.29) is 13.1 Å². The molecule has 0 unspecified atom stereocenters. The number of benzene rings is 1. The number of aromatic nitrogens is 5. The van der Waals surface area contributed by atoms with Gasteiger partial charge in [-0.25, -0.2) is 0 Å². The monoisotopic (exact) mass is 537 g/mol. The highest BCUT2D eigenvalue weighted by Gasteiger charge is 2.48. The van der Waals surface area contributed by atoms with Crippen LogP contribution in [0.15, 0.2) is 42.7 Å². The number of nitrogens with two attached hydrogens (primary N) is 1. The van der Waals surface area contributed by atoms with Crippen molar-refractivity contribution in [3.63, 3.8) is 0 Å². The van der Waals surface area contributed by atoms with Crippen LogP contribution in [0.3, 0.4) is 0 Å². The zero-order chi connectivity index (χ0) is 25.7. The van der Waals surface area contributed by atoms with Gasteiger partial charge in [-0.05, 0) is 37.3 Å². The minimum atomic E-state index is -4.31. The largest absolute Gasteiger partial charge is 0.486 e. The second-order valence-electron chi connectivity index (χ2n) is 8.84. The lowest BCUT2D eigenvalue weighted by molar-refractivity contribution is -0.149. The highest BCUT2D eigenvalue weighted by atomic mass is 35.5. The highest BCUT2D eigenvalue weighted by Crippen LogP contribution is 2.36. The molecule has 188 valence electrons. The first-order valence-corrected chi connectivity index (χ1v) is 11.7. The van der Waals surface area contributed by atoms with Gasteiger partial charge in [-0.15, -0.1) is 10.2 Å². The van der Waals surface area contributed by atoms with Gasteiger partial charge in [-0.3, -0.25) is 10.1 Å². The number of hydrogen-bond acceptors (Lipinski definition) is 7. The zero-order valence-electron chi connectivity index (χ0n) is 18.9. The number of aromatic amines is 1. The molecule has 4 aromatic rings. The Labute approximate surface area is 213 Å². The van der Waals surface area contributed by atoms with Crippen molar-refractivity contribution in [3.05, 3.63) is 58.3 Å². The fourth-order valence-corrected chi connectivity index (χ4v) is 5.01. The van der Waals surface area contributed by atoms with Crippen LogP contribution in [-0.2, 0) is 0 Å². The Morgan fingerprint density at radius 1 is 1.14 bits per heavy atom. The lowest BCUT2D eigenvalue weighted by Gasteiger charge is -2.48. The Balaban J connectivity index is 1.34. The second-order valence-corrected chi connectivity index (χ2v) is 9.66. The molecule has 1 aliphatic rings. The maximum Gasteiger partial charge on any atom is 0.391 e. The van der Waals surface area contributed by atoms with E-state index in [1.807, 2.05) is 19.1 Å². The van der Waals surface area contributed by atoms with E-state index < -0.39 is 24.2 Å². The van der Waals surface area contributed by atoms with Crippen molar-refractivity contribution in [2.75, 3.05) is 18.0 Å². The third kappa shape index (κ3) is 4.91. The quantitative estimate of drug-likeness (QED) is 0.342. The molecule has 3 N–H and O–H groups in total. The summed E-state index contributed by atoms with van der Waals surface area (Å²) in [4.78, 5) is 5.62. The van der Waals surface area contributed by atoms with E-state index in [2.05, 4.69) is 25.4 Å². The number of nitrogens with one attached hydrogen (secondary N) is 1. The molecular weight excluding hydrogens is 518 g/mol. The molecule has 13 heteroatoms. The molecule has 3 aromatic heterocycles. The summed E-state index contributed by atoms with van der Waals surface area (Å²) in [6.45, 7) is 1.94. The van der Waals surface area contributed by atoms with Gasteiger partial charge in [0, 0.05) is 36.4 Å². The summed E-state index contributed by atoms with van der Waals surface area (Å²) in [7, 11) is 0. The molecule has 0 aliphatic carbocycles. The number of anilines is 1. The second kappa shape index (κ2) is 9.06. The normalized spacial score (nSPS) is 16.1. The summed E-state index contributed by atoms with van der Waals surface area (Å²) >= 11 is 12.5. The average Bonchev–Trinajstić information content (AvgIpc) is 3.19. The van der Waals surface area contributed by atoms with Gasteiger partial charge in [0.25, 0.3) is 0 Å². The predicted octanol–water partition coefficient (Wildman–Crippen LogP) is 5.33. The minimum absolute atomic E-state index is 0.0519. The first-order chi connectivity index (χ1) is 17.0. The van der Waals surface area contributed by atoms with Crippen LogP contribution < -0.4 is 15.4 Å². The number of hydrogen-bond donors (Lipinski definition) is 2. The van der Waals surface area contributed by atoms with Crippen molar-refractivity contribution in [1.82, 2.24) is 25.4 Å². The summed E-state index contributed by atoms with van der Waals surface area (Å²) in [5, 5.41) is 17.3. The van der Waals surface area contributed by atoms with Gasteiger partial charge < -0.3 is 15.4 Å². The Morgan fingerprint density at radius 3 is 2.50 bits per heavy atom. The van der Waals surface area contributed by atoms with E-state index >= 15 is 0 Å². The van der Waals surface area contributed by atoms with Gasteiger partial charge in [-0.2, -0.15) is 18.3 Å². The van der Waals surface area contributed by atoms with Gasteiger partial charge in [0.2, 0.25) is 0 Å². The molecule has 0 bridgehead atoms. The lowest BCUT2D eigenvalue weighted by Crippen LogP contribution is -2.69. The lowest BCUT2D eigenvalue weighted by atomic mass is 9.87. The number of fused-ring (bicyclic) bond motifs is 1. The molecule has 1 atom stereocenters. The molecule has 0 saturated carbocycles. The molecule has 1 saturated heterocycles. The van der Waals surface area contributed by atoms with Crippen molar-refractivity contribution >= 4 is 39.9 Å². The van der Waals surface area contributed by atoms with E-state index in [4.69, 9.17) is 33.7 Å². The molecule has 4 heterocycles. The number of ether oxygens (including phenoxy) is 1. The minimum Gasteiger partial charge on any atom is -0.486 e. The Hall–Kier alpha value is -3.15. The van der Waals surface area contributed by atoms with E-state index in [1.54, 1.807) is 23.1 Å². The van der Waals surface area contributed by atoms with Crippen molar-refractivity contribution in [2.45, 2.75) is 31.2 Å². The van der Waals surface area contributed by atoms with E-state index in [9.17, 15) is 13.2 Å². The van der Waals surface area contributed by atoms with Crippen molar-refractivity contribution in [1.29, 1.82) is 0 Å². The molecule has 5 rings (SSSR count). The summed E-state index contributed by atoms with van der Waals surface area (Å²) in [5.41, 5.74) is 6.96. The molecule has 1 fully saturated rings. The molecule has 0 spiro atoms. The van der Waals surface area contributed by atoms with E-state index in [1.165, 1.54) is 12.4 Å². The van der Waals surface area contributed by atoms with Gasteiger partial charge in [0.1, 0.15) is 23.2 Å². The summed E-state index contributed by atoms with van der Waals surface area (Å²) in [5.74, 6) is 1.02. The van der Waals surface area contributed by atoms with Crippen molar-refractivity contribution in [3.8, 4) is 17.1 Å². The summed E-state index contributed by atoms with van der Waals surface area (Å²) in [6, 6.07) is 8.84. The van der Waals surface area contributed by atoms with Crippen molar-refractivity contribution in [2.24, 2.45) is 5.73 Å². The van der Waals surface area contributed by atoms with E-state index in [0.29, 0.717) is 38.6 Å². The average molecular weight is 538 g/mol. The zero-order valence-corrected chi connectivity index (χ0v) is 20.4. The number of alkyl halides is 3. The van der Waals surface area contributed by atoms with Crippen LogP contribution in [0.4, 0.5) is 19.0 Å². The molecule has 1 aromatic carbocycles. The van der Waals surface area contributed by atoms with Crippen LogP contribution in [0.25, 0.3) is 22.3 Å². The molecule has 1 aliphatic heterocycles. The standard InChI is InChI=1S/C23H20Cl2F3N7O/c1-12(20-15(24)7-30-8-16(20)25)36-13-2-3-17-14(6-13)21(34-31-17)18-4-5-19(33-32-18)35-10-22(29,11-35)9-23(26,27)28/h2-8,12H,9-11,29H2,1H3,(H,31,34)/t12-/m1/s1. The number of pyridine rings is 1. The smallest absolute Gasteiger partial charge is 0.391 e. The molecule has 0 amide bonds. The number of H-pyrrole nitrogens is 1. The Bertz CT molecular complexity index is 1390. The molecule has 36 heavy (non-hydrogen) atoms. The van der Waals surface area contributed by atoms with Gasteiger partial charge >= 0.3 is 6.18 Å². The van der Waals surface area contributed by atoms with Gasteiger partial charge in [-0.1, -0.05) is 23.2 Å².